The van der Waals surface area contributed by atoms with Gasteiger partial charge in [-0.3, -0.25) is 0 Å². The highest BCUT2D eigenvalue weighted by Crippen LogP contribution is 2.19. The Bertz CT molecular complexity index is 301. The van der Waals surface area contributed by atoms with E-state index in [9.17, 15) is 0 Å². The number of hydrogen-bond acceptors (Lipinski definition) is 2. The van der Waals surface area contributed by atoms with Crippen LogP contribution in [0, 0.1) is 0 Å². The summed E-state index contributed by atoms with van der Waals surface area (Å²) >= 11 is 8.97. The minimum atomic E-state index is 0.0202. The lowest BCUT2D eigenvalue weighted by atomic mass is 10.2. The Morgan fingerprint density at radius 1 is 1.67 bits per heavy atom. The van der Waals surface area contributed by atoms with Crippen LogP contribution in [-0.4, -0.2) is 16.7 Å². The molecule has 0 aliphatic carbocycles. The monoisotopic (exact) mass is 247 g/mol. The van der Waals surface area contributed by atoms with Crippen LogP contribution in [0.25, 0.3) is 6.08 Å². The van der Waals surface area contributed by atoms with Crippen LogP contribution < -0.4 is 0 Å². The van der Waals surface area contributed by atoms with Gasteiger partial charge in [0.1, 0.15) is 5.15 Å². The molecule has 0 saturated heterocycles. The maximum atomic E-state index is 8.54. The van der Waals surface area contributed by atoms with Gasteiger partial charge in [0.25, 0.3) is 0 Å². The summed E-state index contributed by atoms with van der Waals surface area (Å²) in [5, 5.41) is 8.98. The minimum absolute atomic E-state index is 0.0202. The number of halogens is 2. The molecule has 4 heteroatoms. The Morgan fingerprint density at radius 2 is 2.42 bits per heavy atom. The highest BCUT2D eigenvalue weighted by atomic mass is 79.9. The maximum absolute atomic E-state index is 8.54. The third-order valence-electron chi connectivity index (χ3n) is 1.25. The van der Waals surface area contributed by atoms with Crippen LogP contribution in [0.4, 0.5) is 0 Å². The van der Waals surface area contributed by atoms with E-state index in [1.54, 1.807) is 24.4 Å². The first-order chi connectivity index (χ1) is 5.74. The summed E-state index contributed by atoms with van der Waals surface area (Å²) in [5.41, 5.74) is 0.907. The topological polar surface area (TPSA) is 33.1 Å². The summed E-state index contributed by atoms with van der Waals surface area (Å²) in [6, 6.07) is 1.72. The number of aliphatic hydroxyl groups excluding tert-OH is 1. The number of nitrogens with zero attached hydrogens (tertiary/aromatic N) is 1. The van der Waals surface area contributed by atoms with Gasteiger partial charge in [0.15, 0.2) is 0 Å². The summed E-state index contributed by atoms with van der Waals surface area (Å²) in [6.07, 6.45) is 5.04. The number of hydrogen-bond donors (Lipinski definition) is 1. The van der Waals surface area contributed by atoms with Crippen molar-refractivity contribution in [2.75, 3.05) is 6.61 Å². The zero-order valence-electron chi connectivity index (χ0n) is 6.17. The van der Waals surface area contributed by atoms with E-state index in [0.717, 1.165) is 10.0 Å². The van der Waals surface area contributed by atoms with Crippen molar-refractivity contribution in [3.8, 4) is 0 Å². The minimum Gasteiger partial charge on any atom is -0.392 e. The molecule has 1 heterocycles. The van der Waals surface area contributed by atoms with E-state index in [-0.39, 0.29) is 6.61 Å². The maximum Gasteiger partial charge on any atom is 0.129 e. The molecule has 0 fully saturated rings. The number of aromatic nitrogens is 1. The van der Waals surface area contributed by atoms with Crippen LogP contribution in [0.2, 0.25) is 5.15 Å². The predicted molar refractivity (Wildman–Crippen MR) is 53.1 cm³/mol. The van der Waals surface area contributed by atoms with Crippen molar-refractivity contribution in [3.63, 3.8) is 0 Å². The molecule has 12 heavy (non-hydrogen) atoms. The number of pyridine rings is 1. The molecule has 0 unspecified atom stereocenters. The molecule has 1 N–H and O–H groups in total. The van der Waals surface area contributed by atoms with E-state index < -0.39 is 0 Å². The Hall–Kier alpha value is -0.380. The fourth-order valence-electron chi connectivity index (χ4n) is 0.735. The third-order valence-corrected chi connectivity index (χ3v) is 2.12. The van der Waals surface area contributed by atoms with Gasteiger partial charge in [-0.15, -0.1) is 0 Å². The zero-order valence-corrected chi connectivity index (χ0v) is 8.51. The lowest BCUT2D eigenvalue weighted by molar-refractivity contribution is 0.343. The smallest absolute Gasteiger partial charge is 0.129 e. The van der Waals surface area contributed by atoms with Crippen molar-refractivity contribution >= 4 is 33.6 Å². The van der Waals surface area contributed by atoms with Crippen molar-refractivity contribution < 1.29 is 5.11 Å². The normalized spacial score (nSPS) is 10.9. The second-order valence-corrected chi connectivity index (χ2v) is 3.36. The molecule has 0 amide bonds. The molecule has 0 radical (unpaired) electrons. The van der Waals surface area contributed by atoms with Crippen molar-refractivity contribution in [2.45, 2.75) is 0 Å². The second kappa shape index (κ2) is 4.60. The highest BCUT2D eigenvalue weighted by molar-refractivity contribution is 9.10. The molecule has 0 bridgehead atoms. The highest BCUT2D eigenvalue weighted by Gasteiger charge is 1.96. The van der Waals surface area contributed by atoms with Crippen molar-refractivity contribution in [3.05, 3.63) is 33.5 Å². The molecule has 0 saturated carbocycles. The standard InChI is InChI=1S/C8H7BrClNO/c9-7-5-11-8(10)4-6(7)2-1-3-12/h1-2,4-5,12H,3H2. The average molecular weight is 249 g/mol. The molecule has 0 aliphatic rings. The van der Waals surface area contributed by atoms with E-state index in [1.807, 2.05) is 0 Å². The first-order valence-corrected chi connectivity index (χ1v) is 4.49. The Morgan fingerprint density at radius 3 is 3.08 bits per heavy atom. The van der Waals surface area contributed by atoms with Crippen molar-refractivity contribution in [1.29, 1.82) is 0 Å². The van der Waals surface area contributed by atoms with Crippen LogP contribution in [0.15, 0.2) is 22.8 Å². The molecular formula is C8H7BrClNO. The van der Waals surface area contributed by atoms with Gasteiger partial charge in [0, 0.05) is 10.7 Å². The first kappa shape index (κ1) is 9.71. The lowest BCUT2D eigenvalue weighted by Crippen LogP contribution is -1.80. The molecule has 0 atom stereocenters. The molecule has 1 rings (SSSR count). The van der Waals surface area contributed by atoms with E-state index in [1.165, 1.54) is 0 Å². The fraction of sp³-hybridized carbons (Fsp3) is 0.125. The quantitative estimate of drug-likeness (QED) is 0.816. The van der Waals surface area contributed by atoms with Crippen LogP contribution in [0.1, 0.15) is 5.56 Å². The van der Waals surface area contributed by atoms with Gasteiger partial charge in [-0.1, -0.05) is 23.8 Å². The summed E-state index contributed by atoms with van der Waals surface area (Å²) in [6.45, 7) is 0.0202. The molecule has 1 aromatic heterocycles. The molecule has 0 aliphatic heterocycles. The van der Waals surface area contributed by atoms with Crippen LogP contribution in [0.5, 0.6) is 0 Å². The van der Waals surface area contributed by atoms with Gasteiger partial charge < -0.3 is 5.11 Å². The molecular weight excluding hydrogens is 241 g/mol. The van der Waals surface area contributed by atoms with Gasteiger partial charge >= 0.3 is 0 Å². The largest absolute Gasteiger partial charge is 0.392 e. The van der Waals surface area contributed by atoms with Gasteiger partial charge in [0.2, 0.25) is 0 Å². The van der Waals surface area contributed by atoms with Crippen LogP contribution in [0.3, 0.4) is 0 Å². The van der Waals surface area contributed by atoms with Gasteiger partial charge in [0.05, 0.1) is 6.61 Å². The number of aliphatic hydroxyl groups is 1. The van der Waals surface area contributed by atoms with Crippen LogP contribution in [-0.2, 0) is 0 Å². The molecule has 0 spiro atoms. The third kappa shape index (κ3) is 2.59. The predicted octanol–water partition coefficient (Wildman–Crippen LogP) is 2.50. The first-order valence-electron chi connectivity index (χ1n) is 3.32. The van der Waals surface area contributed by atoms with Gasteiger partial charge in [-0.2, -0.15) is 0 Å². The molecule has 1 aromatic rings. The van der Waals surface area contributed by atoms with E-state index in [0.29, 0.717) is 5.15 Å². The zero-order chi connectivity index (χ0) is 8.97. The van der Waals surface area contributed by atoms with E-state index >= 15 is 0 Å². The molecule has 2 nitrogen and oxygen atoms in total. The summed E-state index contributed by atoms with van der Waals surface area (Å²) in [5.74, 6) is 0. The lowest BCUT2D eigenvalue weighted by Gasteiger charge is -1.97. The van der Waals surface area contributed by atoms with Gasteiger partial charge in [-0.05, 0) is 27.6 Å². The molecule has 64 valence electrons. The second-order valence-electron chi connectivity index (χ2n) is 2.11. The molecule has 0 aromatic carbocycles. The average Bonchev–Trinajstić information content (AvgIpc) is 2.07. The summed E-state index contributed by atoms with van der Waals surface area (Å²) in [4.78, 5) is 3.87. The summed E-state index contributed by atoms with van der Waals surface area (Å²) < 4.78 is 0.858. The van der Waals surface area contributed by atoms with Crippen LogP contribution >= 0.6 is 27.5 Å². The summed E-state index contributed by atoms with van der Waals surface area (Å²) in [7, 11) is 0. The van der Waals surface area contributed by atoms with E-state index in [4.69, 9.17) is 16.7 Å². The van der Waals surface area contributed by atoms with Crippen molar-refractivity contribution in [2.24, 2.45) is 0 Å². The van der Waals surface area contributed by atoms with E-state index in [2.05, 4.69) is 20.9 Å². The SMILES string of the molecule is OCC=Cc1cc(Cl)ncc1Br. The van der Waals surface area contributed by atoms with Crippen molar-refractivity contribution in [1.82, 2.24) is 4.98 Å². The number of rotatable bonds is 2. The van der Waals surface area contributed by atoms with Gasteiger partial charge in [-0.25, -0.2) is 4.98 Å². The Balaban J connectivity index is 2.97. The Labute approximate surface area is 84.0 Å². The fourth-order valence-corrected chi connectivity index (χ4v) is 1.25. The Kier molecular flexibility index (Phi) is 3.72.